The highest BCUT2D eigenvalue weighted by Crippen LogP contribution is 2.23. The molecule has 0 N–H and O–H groups in total. The number of rotatable bonds is 7. The van der Waals surface area contributed by atoms with Crippen molar-refractivity contribution in [1.82, 2.24) is 9.55 Å². The Morgan fingerprint density at radius 2 is 1.96 bits per heavy atom. The lowest BCUT2D eigenvalue weighted by molar-refractivity contribution is 0.138. The molecule has 1 heterocycles. The lowest BCUT2D eigenvalue weighted by Crippen LogP contribution is -2.11. The molecule has 3 rings (SSSR count). The van der Waals surface area contributed by atoms with Crippen molar-refractivity contribution in [3.63, 3.8) is 0 Å². The molecule has 0 bridgehead atoms. The maximum Gasteiger partial charge on any atom is 0.148 e. The highest BCUT2D eigenvalue weighted by molar-refractivity contribution is 6.31. The fraction of sp³-hybridized carbons (Fsp3) is 0.350. The van der Waals surface area contributed by atoms with Gasteiger partial charge in [0, 0.05) is 18.2 Å². The Balaban J connectivity index is 1.87. The van der Waals surface area contributed by atoms with Gasteiger partial charge in [-0.3, -0.25) is 0 Å². The van der Waals surface area contributed by atoms with Gasteiger partial charge in [-0.25, -0.2) is 4.98 Å². The quantitative estimate of drug-likeness (QED) is 0.562. The summed E-state index contributed by atoms with van der Waals surface area (Å²) in [4.78, 5) is 4.72. The van der Waals surface area contributed by atoms with E-state index in [-0.39, 0.29) is 0 Å². The van der Waals surface area contributed by atoms with Crippen LogP contribution in [0.3, 0.4) is 0 Å². The SMILES string of the molecule is CCOCCn1c(COc2ccc(C)cc2C)nc2ccc(Cl)cc21. The largest absolute Gasteiger partial charge is 0.485 e. The topological polar surface area (TPSA) is 36.3 Å². The summed E-state index contributed by atoms with van der Waals surface area (Å²) < 4.78 is 13.7. The Morgan fingerprint density at radius 1 is 1.12 bits per heavy atom. The Kier molecular flexibility index (Phi) is 5.61. The molecule has 5 heteroatoms. The smallest absolute Gasteiger partial charge is 0.148 e. The van der Waals surface area contributed by atoms with Crippen LogP contribution in [0.2, 0.25) is 5.02 Å². The van der Waals surface area contributed by atoms with Crippen LogP contribution in [0.15, 0.2) is 36.4 Å². The Labute approximate surface area is 153 Å². The minimum atomic E-state index is 0.405. The van der Waals surface area contributed by atoms with Gasteiger partial charge in [-0.05, 0) is 50.6 Å². The molecule has 4 nitrogen and oxygen atoms in total. The molecular formula is C20H23ClN2O2. The van der Waals surface area contributed by atoms with E-state index in [1.165, 1.54) is 5.56 Å². The third kappa shape index (κ3) is 4.14. The van der Waals surface area contributed by atoms with E-state index in [2.05, 4.69) is 30.5 Å². The van der Waals surface area contributed by atoms with Crippen LogP contribution in [0.25, 0.3) is 11.0 Å². The molecule has 0 spiro atoms. The summed E-state index contributed by atoms with van der Waals surface area (Å²) in [6.07, 6.45) is 0. The monoisotopic (exact) mass is 358 g/mol. The lowest BCUT2D eigenvalue weighted by Gasteiger charge is -2.12. The Hall–Kier alpha value is -2.04. The summed E-state index contributed by atoms with van der Waals surface area (Å²) >= 11 is 6.17. The molecule has 0 fully saturated rings. The van der Waals surface area contributed by atoms with Crippen LogP contribution in [-0.4, -0.2) is 22.8 Å². The van der Waals surface area contributed by atoms with Gasteiger partial charge in [0.2, 0.25) is 0 Å². The van der Waals surface area contributed by atoms with Crippen molar-refractivity contribution in [2.45, 2.75) is 33.9 Å². The first-order valence-electron chi connectivity index (χ1n) is 8.51. The van der Waals surface area contributed by atoms with Crippen molar-refractivity contribution in [2.24, 2.45) is 0 Å². The fourth-order valence-corrected chi connectivity index (χ4v) is 3.08. The van der Waals surface area contributed by atoms with Crippen molar-refractivity contribution in [3.8, 4) is 5.75 Å². The normalized spacial score (nSPS) is 11.2. The Morgan fingerprint density at radius 3 is 2.72 bits per heavy atom. The van der Waals surface area contributed by atoms with Crippen molar-refractivity contribution < 1.29 is 9.47 Å². The fourth-order valence-electron chi connectivity index (χ4n) is 2.91. The molecule has 25 heavy (non-hydrogen) atoms. The van der Waals surface area contributed by atoms with Crippen LogP contribution in [0.4, 0.5) is 0 Å². The minimum Gasteiger partial charge on any atom is -0.485 e. The lowest BCUT2D eigenvalue weighted by atomic mass is 10.1. The standard InChI is InChI=1S/C20H23ClN2O2/c1-4-24-10-9-23-18-12-16(21)6-7-17(18)22-20(23)13-25-19-8-5-14(2)11-15(19)3/h5-8,11-12H,4,9-10,13H2,1-3H3. The summed E-state index contributed by atoms with van der Waals surface area (Å²) in [6, 6.07) is 11.9. The molecule has 0 saturated carbocycles. The number of hydrogen-bond donors (Lipinski definition) is 0. The van der Waals surface area contributed by atoms with Crippen LogP contribution in [0.5, 0.6) is 5.75 Å². The molecule has 0 atom stereocenters. The number of nitrogens with zero attached hydrogens (tertiary/aromatic N) is 2. The number of imidazole rings is 1. The first-order chi connectivity index (χ1) is 12.1. The van der Waals surface area contributed by atoms with Gasteiger partial charge < -0.3 is 14.0 Å². The minimum absolute atomic E-state index is 0.405. The zero-order valence-electron chi connectivity index (χ0n) is 14.9. The van der Waals surface area contributed by atoms with E-state index in [0.717, 1.165) is 34.7 Å². The number of aromatic nitrogens is 2. The summed E-state index contributed by atoms with van der Waals surface area (Å²) in [6.45, 7) is 8.58. The molecule has 0 amide bonds. The molecule has 0 aliphatic carbocycles. The van der Waals surface area contributed by atoms with E-state index in [4.69, 9.17) is 26.1 Å². The number of benzene rings is 2. The number of hydrogen-bond acceptors (Lipinski definition) is 3. The molecule has 0 radical (unpaired) electrons. The third-order valence-electron chi connectivity index (χ3n) is 4.14. The molecule has 3 aromatic rings. The zero-order valence-corrected chi connectivity index (χ0v) is 15.6. The first-order valence-corrected chi connectivity index (χ1v) is 8.88. The number of fused-ring (bicyclic) bond motifs is 1. The van der Waals surface area contributed by atoms with Gasteiger partial charge >= 0.3 is 0 Å². The van der Waals surface area contributed by atoms with E-state index in [9.17, 15) is 0 Å². The van der Waals surface area contributed by atoms with Crippen LogP contribution in [0.1, 0.15) is 23.9 Å². The molecule has 0 aliphatic rings. The number of halogens is 1. The van der Waals surface area contributed by atoms with Gasteiger partial charge in [0.1, 0.15) is 18.2 Å². The van der Waals surface area contributed by atoms with Gasteiger partial charge in [0.15, 0.2) is 0 Å². The zero-order chi connectivity index (χ0) is 17.8. The van der Waals surface area contributed by atoms with Gasteiger partial charge in [-0.15, -0.1) is 0 Å². The van der Waals surface area contributed by atoms with E-state index in [1.807, 2.05) is 31.2 Å². The number of ether oxygens (including phenoxy) is 2. The molecule has 2 aromatic carbocycles. The van der Waals surface area contributed by atoms with Gasteiger partial charge in [0.25, 0.3) is 0 Å². The first kappa shape index (κ1) is 17.8. The third-order valence-corrected chi connectivity index (χ3v) is 4.37. The predicted molar refractivity (Wildman–Crippen MR) is 101 cm³/mol. The summed E-state index contributed by atoms with van der Waals surface area (Å²) in [5.74, 6) is 1.75. The average Bonchev–Trinajstić information content (AvgIpc) is 2.91. The molecule has 0 unspecified atom stereocenters. The predicted octanol–water partition coefficient (Wildman–Crippen LogP) is 4.92. The molecule has 1 aromatic heterocycles. The van der Waals surface area contributed by atoms with Gasteiger partial charge in [-0.2, -0.15) is 0 Å². The van der Waals surface area contributed by atoms with Crippen molar-refractivity contribution in [2.75, 3.05) is 13.2 Å². The van der Waals surface area contributed by atoms with Crippen molar-refractivity contribution in [3.05, 3.63) is 58.4 Å². The second-order valence-corrected chi connectivity index (χ2v) is 6.50. The maximum atomic E-state index is 6.17. The Bertz CT molecular complexity index is 874. The van der Waals surface area contributed by atoms with Gasteiger partial charge in [-0.1, -0.05) is 29.3 Å². The summed E-state index contributed by atoms with van der Waals surface area (Å²) in [5, 5.41) is 0.701. The van der Waals surface area contributed by atoms with Crippen LogP contribution in [0, 0.1) is 13.8 Å². The van der Waals surface area contributed by atoms with Gasteiger partial charge in [0.05, 0.1) is 17.6 Å². The molecule has 0 aliphatic heterocycles. The van der Waals surface area contributed by atoms with Crippen LogP contribution >= 0.6 is 11.6 Å². The van der Waals surface area contributed by atoms with E-state index in [1.54, 1.807) is 0 Å². The molecular weight excluding hydrogens is 336 g/mol. The summed E-state index contributed by atoms with van der Waals surface area (Å²) in [7, 11) is 0. The van der Waals surface area contributed by atoms with E-state index >= 15 is 0 Å². The number of aryl methyl sites for hydroxylation is 2. The summed E-state index contributed by atoms with van der Waals surface area (Å²) in [5.41, 5.74) is 4.27. The average molecular weight is 359 g/mol. The van der Waals surface area contributed by atoms with Crippen molar-refractivity contribution in [1.29, 1.82) is 0 Å². The molecule has 132 valence electrons. The second kappa shape index (κ2) is 7.89. The van der Waals surface area contributed by atoms with Crippen molar-refractivity contribution >= 4 is 22.6 Å². The molecule has 0 saturated heterocycles. The van der Waals surface area contributed by atoms with Crippen LogP contribution < -0.4 is 4.74 Å². The van der Waals surface area contributed by atoms with E-state index < -0.39 is 0 Å². The highest BCUT2D eigenvalue weighted by atomic mass is 35.5. The van der Waals surface area contributed by atoms with Crippen LogP contribution in [-0.2, 0) is 17.9 Å². The second-order valence-electron chi connectivity index (χ2n) is 6.07. The highest BCUT2D eigenvalue weighted by Gasteiger charge is 2.12. The maximum absolute atomic E-state index is 6.17. The van der Waals surface area contributed by atoms with E-state index in [0.29, 0.717) is 24.8 Å².